The summed E-state index contributed by atoms with van der Waals surface area (Å²) < 4.78 is 0. The molecule has 2 heterocycles. The summed E-state index contributed by atoms with van der Waals surface area (Å²) in [5.41, 5.74) is -0.869. The maximum atomic E-state index is 13.3. The fourth-order valence-corrected chi connectivity index (χ4v) is 5.17. The lowest BCUT2D eigenvalue weighted by molar-refractivity contribution is 0.0686. The van der Waals surface area contributed by atoms with Crippen LogP contribution in [0.25, 0.3) is 12.2 Å². The van der Waals surface area contributed by atoms with Crippen LogP contribution >= 0.6 is 0 Å². The lowest BCUT2D eigenvalue weighted by atomic mass is 9.80. The molecule has 0 saturated carbocycles. The third kappa shape index (κ3) is 3.61. The number of nitrogens with one attached hydrogen (secondary N) is 1. The lowest BCUT2D eigenvalue weighted by Gasteiger charge is -2.25. The molecule has 0 aromatic heterocycles. The third-order valence-electron chi connectivity index (χ3n) is 7.65. The molecule has 38 heavy (non-hydrogen) atoms. The molecule has 2 aliphatic rings. The molecule has 5 rings (SSSR count). The number of hydrogen-bond donors (Lipinski definition) is 3. The Kier molecular flexibility index (Phi) is 5.38. The van der Waals surface area contributed by atoms with Gasteiger partial charge in [-0.25, -0.2) is 9.59 Å². The summed E-state index contributed by atoms with van der Waals surface area (Å²) in [5.74, 6) is -2.15. The van der Waals surface area contributed by atoms with E-state index in [1.165, 1.54) is 30.4 Å². The van der Waals surface area contributed by atoms with Gasteiger partial charge in [0, 0.05) is 16.5 Å². The van der Waals surface area contributed by atoms with Crippen LogP contribution in [0.2, 0.25) is 0 Å². The molecule has 3 N–H and O–H groups in total. The first-order valence-corrected chi connectivity index (χ1v) is 11.9. The van der Waals surface area contributed by atoms with E-state index in [-0.39, 0.29) is 21.6 Å². The minimum atomic E-state index is -1.08. The van der Waals surface area contributed by atoms with E-state index >= 15 is 0 Å². The van der Waals surface area contributed by atoms with Gasteiger partial charge >= 0.3 is 11.9 Å². The zero-order chi connectivity index (χ0) is 27.7. The second-order valence-electron chi connectivity index (χ2n) is 10.7. The van der Waals surface area contributed by atoms with Crippen LogP contribution < -0.4 is 32.0 Å². The van der Waals surface area contributed by atoms with Crippen LogP contribution in [0.1, 0.15) is 59.5 Å². The number of fused-ring (bicyclic) bond motifs is 2. The summed E-state index contributed by atoms with van der Waals surface area (Å²) in [6.45, 7) is 7.33. The van der Waals surface area contributed by atoms with Crippen LogP contribution in [0, 0.1) is 0 Å². The summed E-state index contributed by atoms with van der Waals surface area (Å²) in [4.78, 5) is 66.6. The van der Waals surface area contributed by atoms with E-state index in [1.807, 2.05) is 13.8 Å². The first kappa shape index (κ1) is 25.0. The smallest absolute Gasteiger partial charge is 0.335 e. The Balaban J connectivity index is 1.60. The van der Waals surface area contributed by atoms with Gasteiger partial charge < -0.3 is 15.5 Å². The van der Waals surface area contributed by atoms with Gasteiger partial charge in [-0.05, 0) is 59.7 Å². The van der Waals surface area contributed by atoms with Crippen LogP contribution in [0.4, 0.5) is 11.4 Å². The molecule has 9 nitrogen and oxygen atoms in total. The van der Waals surface area contributed by atoms with Crippen molar-refractivity contribution in [2.75, 3.05) is 5.32 Å². The minimum Gasteiger partial charge on any atom is -0.478 e. The maximum Gasteiger partial charge on any atom is 0.335 e. The van der Waals surface area contributed by atoms with E-state index in [4.69, 9.17) is 0 Å². The first-order valence-electron chi connectivity index (χ1n) is 11.9. The molecule has 0 saturated heterocycles. The monoisotopic (exact) mass is 512 g/mol. The predicted molar refractivity (Wildman–Crippen MR) is 143 cm³/mol. The van der Waals surface area contributed by atoms with Gasteiger partial charge in [-0.1, -0.05) is 27.7 Å². The number of anilines is 1. The van der Waals surface area contributed by atoms with Crippen LogP contribution in [-0.4, -0.2) is 33.9 Å². The van der Waals surface area contributed by atoms with Crippen molar-refractivity contribution in [3.05, 3.63) is 99.8 Å². The number of carboxylic acids is 2. The topological polar surface area (TPSA) is 150 Å². The van der Waals surface area contributed by atoms with Crippen molar-refractivity contribution < 1.29 is 19.8 Å². The summed E-state index contributed by atoms with van der Waals surface area (Å²) in [6, 6.07) is 8.65. The SMILES string of the molecule is CC1(C)C(C=c2c(=O)c(=O)c(=CC3Nc4ccc(C(=O)O)cc4C3(C)C)c2=O)=Nc2ccc(C(=O)O)cc21. The van der Waals surface area contributed by atoms with E-state index < -0.39 is 45.1 Å². The highest BCUT2D eigenvalue weighted by Gasteiger charge is 2.39. The normalized spacial score (nSPS) is 19.6. The number of benzene rings is 2. The van der Waals surface area contributed by atoms with Crippen molar-refractivity contribution in [3.8, 4) is 0 Å². The number of aliphatic imine (C=N–C) groups is 1. The largest absolute Gasteiger partial charge is 0.478 e. The van der Waals surface area contributed by atoms with Crippen molar-refractivity contribution in [2.24, 2.45) is 4.99 Å². The van der Waals surface area contributed by atoms with E-state index in [9.17, 15) is 34.2 Å². The third-order valence-corrected chi connectivity index (χ3v) is 7.65. The number of nitrogens with zero attached hydrogens (tertiary/aromatic N) is 1. The zero-order valence-electron chi connectivity index (χ0n) is 21.1. The van der Waals surface area contributed by atoms with Gasteiger partial charge in [-0.3, -0.25) is 19.4 Å². The average Bonchev–Trinajstić information content (AvgIpc) is 3.34. The highest BCUT2D eigenvalue weighted by Crippen LogP contribution is 2.42. The number of hydrogen-bond acceptors (Lipinski definition) is 7. The van der Waals surface area contributed by atoms with Crippen LogP contribution in [-0.2, 0) is 10.8 Å². The van der Waals surface area contributed by atoms with Crippen molar-refractivity contribution in [2.45, 2.75) is 44.6 Å². The fourth-order valence-electron chi connectivity index (χ4n) is 5.17. The molecule has 0 fully saturated rings. The molecule has 0 amide bonds. The predicted octanol–water partition coefficient (Wildman–Crippen LogP) is 1.44. The Hall–Kier alpha value is -4.66. The molecule has 2 aliphatic heterocycles. The number of rotatable bonds is 4. The standard InChI is InChI=1S/C29H24N2O7/c1-28(2)17-9-13(26(35)36)5-7-19(17)30-21(28)11-15-23(32)16(25(34)24(15)33)12-22-29(3,4)18-10-14(27(37)38)6-8-20(18)31-22/h5-12,21,30H,1-4H3,(H,35,36)(H,37,38). The van der Waals surface area contributed by atoms with Crippen molar-refractivity contribution in [1.29, 1.82) is 0 Å². The lowest BCUT2D eigenvalue weighted by Crippen LogP contribution is -2.41. The molecule has 0 bridgehead atoms. The van der Waals surface area contributed by atoms with E-state index in [1.54, 1.807) is 32.0 Å². The molecule has 0 aliphatic carbocycles. The van der Waals surface area contributed by atoms with Gasteiger partial charge in [0.25, 0.3) is 0 Å². The molecule has 0 spiro atoms. The van der Waals surface area contributed by atoms with Gasteiger partial charge in [-0.15, -0.1) is 0 Å². The van der Waals surface area contributed by atoms with E-state index in [2.05, 4.69) is 10.3 Å². The van der Waals surface area contributed by atoms with Crippen LogP contribution in [0.15, 0.2) is 55.8 Å². The minimum absolute atomic E-state index is 0.0949. The van der Waals surface area contributed by atoms with E-state index in [0.717, 1.165) is 5.56 Å². The Labute approximate surface area is 215 Å². The molecule has 192 valence electrons. The van der Waals surface area contributed by atoms with Gasteiger partial charge in [0.05, 0.1) is 39.0 Å². The molecular formula is C29H24N2O7. The Bertz CT molecular complexity index is 1870. The highest BCUT2D eigenvalue weighted by atomic mass is 16.4. The van der Waals surface area contributed by atoms with E-state index in [0.29, 0.717) is 22.6 Å². The van der Waals surface area contributed by atoms with Gasteiger partial charge in [0.15, 0.2) is 0 Å². The molecule has 0 radical (unpaired) electrons. The molecule has 9 heteroatoms. The van der Waals surface area contributed by atoms with Crippen molar-refractivity contribution >= 4 is 41.2 Å². The highest BCUT2D eigenvalue weighted by molar-refractivity contribution is 6.20. The van der Waals surface area contributed by atoms with Crippen LogP contribution in [0.5, 0.6) is 0 Å². The Morgan fingerprint density at radius 2 is 1.42 bits per heavy atom. The Morgan fingerprint density at radius 3 is 2.05 bits per heavy atom. The second-order valence-corrected chi connectivity index (χ2v) is 10.7. The average molecular weight is 513 g/mol. The van der Waals surface area contributed by atoms with Gasteiger partial charge in [0.2, 0.25) is 16.3 Å². The quantitative estimate of drug-likeness (QED) is 0.445. The zero-order valence-corrected chi connectivity index (χ0v) is 21.1. The van der Waals surface area contributed by atoms with Gasteiger partial charge in [0.1, 0.15) is 0 Å². The molecule has 1 atom stereocenters. The molecule has 1 unspecified atom stereocenters. The fraction of sp³-hybridized carbons (Fsp3) is 0.241. The van der Waals surface area contributed by atoms with Crippen molar-refractivity contribution in [3.63, 3.8) is 0 Å². The first-order chi connectivity index (χ1) is 17.7. The van der Waals surface area contributed by atoms with Crippen molar-refractivity contribution in [1.82, 2.24) is 0 Å². The molecular weight excluding hydrogens is 488 g/mol. The Morgan fingerprint density at radius 1 is 0.842 bits per heavy atom. The summed E-state index contributed by atoms with van der Waals surface area (Å²) in [7, 11) is 0. The second kappa shape index (κ2) is 8.17. The number of carbonyl (C=O) groups is 2. The molecule has 3 aromatic carbocycles. The number of carboxylic acid groups (broad SMARTS) is 2. The number of aromatic carboxylic acids is 2. The van der Waals surface area contributed by atoms with Gasteiger partial charge in [-0.2, -0.15) is 0 Å². The molecule has 3 aromatic rings. The summed E-state index contributed by atoms with van der Waals surface area (Å²) in [5, 5.41) is 21.4. The van der Waals surface area contributed by atoms with Crippen LogP contribution in [0.3, 0.4) is 0 Å². The maximum absolute atomic E-state index is 13.3. The summed E-state index contributed by atoms with van der Waals surface area (Å²) in [6.07, 6.45) is 2.77. The summed E-state index contributed by atoms with van der Waals surface area (Å²) >= 11 is 0.